The Morgan fingerprint density at radius 3 is 2.79 bits per heavy atom. The highest BCUT2D eigenvalue weighted by Gasteiger charge is 2.37. The largest absolute Gasteiger partial charge is 0.409 e. The minimum Gasteiger partial charge on any atom is -0.409 e. The van der Waals surface area contributed by atoms with E-state index in [1.54, 1.807) is 10.9 Å². The summed E-state index contributed by atoms with van der Waals surface area (Å²) in [5, 5.41) is 3.44. The van der Waals surface area contributed by atoms with Gasteiger partial charge in [-0.3, -0.25) is 9.98 Å². The minimum absolute atomic E-state index is 0.112. The van der Waals surface area contributed by atoms with Crippen LogP contribution in [0.2, 0.25) is 0 Å². The molecule has 1 aromatic carbocycles. The zero-order valence-electron chi connectivity index (χ0n) is 18.9. The molecule has 5 rings (SSSR count). The summed E-state index contributed by atoms with van der Waals surface area (Å²) in [6.45, 7) is 6.79. The lowest BCUT2D eigenvalue weighted by molar-refractivity contribution is 0.107. The molecule has 2 aromatic heterocycles. The van der Waals surface area contributed by atoms with E-state index < -0.39 is 11.6 Å². The SMILES string of the molecule is CC(C1CCNCC1)C1(C)C=C(c2cnc3ccn(OCc4ccc(F)c(F)c4)c3c2)C=N1. The molecular formula is C26H28F2N4O. The normalized spacial score (nSPS) is 22.0. The molecule has 0 spiro atoms. The van der Waals surface area contributed by atoms with Crippen molar-refractivity contribution in [1.82, 2.24) is 15.0 Å². The fourth-order valence-corrected chi connectivity index (χ4v) is 4.86. The van der Waals surface area contributed by atoms with Crippen LogP contribution in [0.15, 0.2) is 53.8 Å². The van der Waals surface area contributed by atoms with E-state index in [0.29, 0.717) is 17.4 Å². The monoisotopic (exact) mass is 450 g/mol. The maximum absolute atomic E-state index is 13.5. The molecule has 0 bridgehead atoms. The van der Waals surface area contributed by atoms with Crippen molar-refractivity contribution in [2.75, 3.05) is 13.1 Å². The van der Waals surface area contributed by atoms with Gasteiger partial charge >= 0.3 is 0 Å². The van der Waals surface area contributed by atoms with Crippen molar-refractivity contribution in [2.24, 2.45) is 16.8 Å². The van der Waals surface area contributed by atoms with Crippen LogP contribution in [0, 0.1) is 23.5 Å². The lowest BCUT2D eigenvalue weighted by Gasteiger charge is -2.36. The smallest absolute Gasteiger partial charge is 0.159 e. The van der Waals surface area contributed by atoms with Gasteiger partial charge in [0, 0.05) is 24.2 Å². The third-order valence-electron chi connectivity index (χ3n) is 7.13. The number of nitrogens with zero attached hydrogens (tertiary/aromatic N) is 3. The summed E-state index contributed by atoms with van der Waals surface area (Å²) in [7, 11) is 0. The van der Waals surface area contributed by atoms with Crippen molar-refractivity contribution in [1.29, 1.82) is 0 Å². The molecule has 0 saturated carbocycles. The van der Waals surface area contributed by atoms with Gasteiger partial charge in [0.05, 0.1) is 11.1 Å². The number of aromatic nitrogens is 2. The van der Waals surface area contributed by atoms with Gasteiger partial charge in [-0.15, -0.1) is 0 Å². The van der Waals surface area contributed by atoms with Crippen LogP contribution in [0.5, 0.6) is 0 Å². The summed E-state index contributed by atoms with van der Waals surface area (Å²) in [6.07, 6.45) is 10.2. The number of hydrogen-bond acceptors (Lipinski definition) is 4. The lowest BCUT2D eigenvalue weighted by Crippen LogP contribution is -2.38. The van der Waals surface area contributed by atoms with Crippen LogP contribution in [0.4, 0.5) is 8.78 Å². The van der Waals surface area contributed by atoms with Gasteiger partial charge in [0.2, 0.25) is 0 Å². The van der Waals surface area contributed by atoms with Crippen molar-refractivity contribution in [3.8, 4) is 0 Å². The van der Waals surface area contributed by atoms with E-state index in [2.05, 4.69) is 30.2 Å². The van der Waals surface area contributed by atoms with Gasteiger partial charge in [-0.25, -0.2) is 8.78 Å². The highest BCUT2D eigenvalue weighted by Crippen LogP contribution is 2.39. The van der Waals surface area contributed by atoms with E-state index in [0.717, 1.165) is 47.4 Å². The zero-order chi connectivity index (χ0) is 23.0. The van der Waals surface area contributed by atoms with Gasteiger partial charge in [0.1, 0.15) is 12.1 Å². The Kier molecular flexibility index (Phi) is 5.74. The zero-order valence-corrected chi connectivity index (χ0v) is 18.9. The highest BCUT2D eigenvalue weighted by molar-refractivity contribution is 6.12. The van der Waals surface area contributed by atoms with Gasteiger partial charge in [-0.05, 0) is 86.2 Å². The number of halogens is 2. The van der Waals surface area contributed by atoms with E-state index >= 15 is 0 Å². The average Bonchev–Trinajstić information content (AvgIpc) is 3.44. The van der Waals surface area contributed by atoms with Crippen LogP contribution in [0.25, 0.3) is 16.6 Å². The molecule has 172 valence electrons. The molecule has 5 nitrogen and oxygen atoms in total. The summed E-state index contributed by atoms with van der Waals surface area (Å²) in [5.41, 5.74) is 3.96. The highest BCUT2D eigenvalue weighted by atomic mass is 19.2. The molecule has 7 heteroatoms. The Bertz CT molecular complexity index is 1230. The number of pyridine rings is 1. The maximum Gasteiger partial charge on any atom is 0.159 e. The molecule has 2 unspecified atom stereocenters. The van der Waals surface area contributed by atoms with Gasteiger partial charge in [0.15, 0.2) is 11.6 Å². The fraction of sp³-hybridized carbons (Fsp3) is 0.385. The quantitative estimate of drug-likeness (QED) is 0.587. The number of hydrogen-bond donors (Lipinski definition) is 1. The Morgan fingerprint density at radius 2 is 2.00 bits per heavy atom. The lowest BCUT2D eigenvalue weighted by atomic mass is 9.74. The second kappa shape index (κ2) is 8.71. The van der Waals surface area contributed by atoms with Crippen molar-refractivity contribution in [2.45, 2.75) is 38.8 Å². The van der Waals surface area contributed by atoms with E-state index in [9.17, 15) is 8.78 Å². The van der Waals surface area contributed by atoms with Crippen LogP contribution in [0.3, 0.4) is 0 Å². The molecule has 2 aliphatic heterocycles. The standard InChI is InChI=1S/C26H28F2N4O/c1-17(19-5-8-29-9-6-19)26(2)13-21(15-31-26)20-12-25-24(30-14-20)7-10-32(25)33-16-18-3-4-22(27)23(28)11-18/h3-4,7,10-15,17,19,29H,5-6,8-9,16H2,1-2H3. The molecule has 1 saturated heterocycles. The summed E-state index contributed by atoms with van der Waals surface area (Å²) >= 11 is 0. The molecule has 4 heterocycles. The maximum atomic E-state index is 13.5. The van der Waals surface area contributed by atoms with E-state index in [4.69, 9.17) is 9.83 Å². The second-order valence-corrected chi connectivity index (χ2v) is 9.25. The van der Waals surface area contributed by atoms with Crippen molar-refractivity contribution in [3.05, 3.63) is 71.6 Å². The molecule has 0 amide bonds. The molecule has 0 aliphatic carbocycles. The molecule has 1 N–H and O–H groups in total. The van der Waals surface area contributed by atoms with Gasteiger partial charge in [0.25, 0.3) is 0 Å². The van der Waals surface area contributed by atoms with Gasteiger partial charge < -0.3 is 10.2 Å². The number of allylic oxidation sites excluding steroid dienone is 1. The average molecular weight is 451 g/mol. The van der Waals surface area contributed by atoms with E-state index in [1.165, 1.54) is 18.9 Å². The molecular weight excluding hydrogens is 422 g/mol. The second-order valence-electron chi connectivity index (χ2n) is 9.25. The number of fused-ring (bicyclic) bond motifs is 1. The predicted molar refractivity (Wildman–Crippen MR) is 126 cm³/mol. The third kappa shape index (κ3) is 4.29. The first-order valence-corrected chi connectivity index (χ1v) is 11.5. The molecule has 1 fully saturated rings. The number of aliphatic imine (C=N–C) groups is 1. The molecule has 2 aliphatic rings. The topological polar surface area (TPSA) is 51.4 Å². The van der Waals surface area contributed by atoms with Crippen molar-refractivity contribution < 1.29 is 13.6 Å². The Balaban J connectivity index is 1.36. The van der Waals surface area contributed by atoms with Crippen molar-refractivity contribution >= 4 is 22.8 Å². The number of rotatable bonds is 6. The van der Waals surface area contributed by atoms with Crippen molar-refractivity contribution in [3.63, 3.8) is 0 Å². The Morgan fingerprint density at radius 1 is 1.18 bits per heavy atom. The van der Waals surface area contributed by atoms with Gasteiger partial charge in [-0.1, -0.05) is 13.0 Å². The Labute approximate surface area is 192 Å². The summed E-state index contributed by atoms with van der Waals surface area (Å²) < 4.78 is 28.3. The van der Waals surface area contributed by atoms with Crippen LogP contribution < -0.4 is 10.2 Å². The summed E-state index contributed by atoms with van der Waals surface area (Å²) in [5.74, 6) is -0.640. The van der Waals surface area contributed by atoms with Crippen LogP contribution >= 0.6 is 0 Å². The van der Waals surface area contributed by atoms with Gasteiger partial charge in [-0.2, -0.15) is 4.73 Å². The molecule has 2 atom stereocenters. The van der Waals surface area contributed by atoms with Crippen LogP contribution in [0.1, 0.15) is 37.8 Å². The first kappa shape index (κ1) is 21.8. The van der Waals surface area contributed by atoms with E-state index in [1.807, 2.05) is 24.5 Å². The van der Waals surface area contributed by atoms with Crippen LogP contribution in [-0.2, 0) is 6.61 Å². The molecule has 0 radical (unpaired) electrons. The summed E-state index contributed by atoms with van der Waals surface area (Å²) in [4.78, 5) is 15.3. The number of piperidine rings is 1. The minimum atomic E-state index is -0.883. The number of nitrogens with one attached hydrogen (secondary N) is 1. The number of benzene rings is 1. The molecule has 33 heavy (non-hydrogen) atoms. The fourth-order valence-electron chi connectivity index (χ4n) is 4.86. The Hall–Kier alpha value is -3.06. The predicted octanol–water partition coefficient (Wildman–Crippen LogP) is 4.81. The van der Waals surface area contributed by atoms with E-state index in [-0.39, 0.29) is 12.1 Å². The third-order valence-corrected chi connectivity index (χ3v) is 7.13. The first-order chi connectivity index (χ1) is 15.9. The summed E-state index contributed by atoms with van der Waals surface area (Å²) in [6, 6.07) is 7.67. The first-order valence-electron chi connectivity index (χ1n) is 11.5. The molecule has 3 aromatic rings. The van der Waals surface area contributed by atoms with Crippen LogP contribution in [-0.4, -0.2) is 34.6 Å².